The van der Waals surface area contributed by atoms with Gasteiger partial charge in [0.05, 0.1) is 18.0 Å². The molecule has 10 nitrogen and oxygen atoms in total. The molecule has 1 aromatic carbocycles. The maximum atomic E-state index is 13.4. The Labute approximate surface area is 196 Å². The number of para-hydroxylation sites is 1. The fourth-order valence-corrected chi connectivity index (χ4v) is 5.01. The third-order valence-electron chi connectivity index (χ3n) is 6.55. The molecular formula is C24H25N5O5. The second kappa shape index (κ2) is 8.44. The highest BCUT2D eigenvalue weighted by Gasteiger charge is 2.52. The number of urea groups is 1. The number of carbonyl (C=O) groups excluding carboxylic acids is 3. The SMILES string of the molecule is CC1(OC(=O)c2cccc3c2OCC3)CCCCN2C(=O)C=C(c3ccncn3)N(C(N)=O)C21. The summed E-state index contributed by atoms with van der Waals surface area (Å²) in [5.74, 6) is -0.350. The maximum Gasteiger partial charge on any atom is 0.342 e. The molecule has 0 bridgehead atoms. The molecule has 34 heavy (non-hydrogen) atoms. The molecule has 4 heterocycles. The van der Waals surface area contributed by atoms with Crippen LogP contribution >= 0.6 is 0 Å². The van der Waals surface area contributed by atoms with Crippen molar-refractivity contribution in [3.05, 3.63) is 59.7 Å². The van der Waals surface area contributed by atoms with Gasteiger partial charge in [-0.05, 0) is 43.9 Å². The Kier molecular flexibility index (Phi) is 5.43. The molecule has 1 aromatic heterocycles. The number of hydrogen-bond donors (Lipinski definition) is 1. The Morgan fingerprint density at radius 1 is 1.26 bits per heavy atom. The van der Waals surface area contributed by atoms with Crippen LogP contribution in [-0.2, 0) is 16.0 Å². The molecule has 5 rings (SSSR count). The summed E-state index contributed by atoms with van der Waals surface area (Å²) < 4.78 is 11.8. The number of esters is 1. The fraction of sp³-hybridized carbons (Fsp3) is 0.375. The summed E-state index contributed by atoms with van der Waals surface area (Å²) in [5.41, 5.74) is 6.50. The topological polar surface area (TPSA) is 128 Å². The van der Waals surface area contributed by atoms with Gasteiger partial charge in [-0.1, -0.05) is 12.1 Å². The van der Waals surface area contributed by atoms with Crippen LogP contribution in [0.25, 0.3) is 5.70 Å². The zero-order valence-electron chi connectivity index (χ0n) is 18.8. The number of benzene rings is 1. The highest BCUT2D eigenvalue weighted by Crippen LogP contribution is 2.40. The van der Waals surface area contributed by atoms with Gasteiger partial charge < -0.3 is 20.1 Å². The minimum Gasteiger partial charge on any atom is -0.492 e. The molecule has 10 heteroatoms. The van der Waals surface area contributed by atoms with E-state index in [1.165, 1.54) is 23.5 Å². The molecule has 2 atom stereocenters. The Balaban J connectivity index is 1.56. The van der Waals surface area contributed by atoms with Crippen LogP contribution < -0.4 is 10.5 Å². The summed E-state index contributed by atoms with van der Waals surface area (Å²) in [6.45, 7) is 2.65. The average molecular weight is 463 g/mol. The minimum absolute atomic E-state index is 0.245. The molecule has 1 fully saturated rings. The predicted molar refractivity (Wildman–Crippen MR) is 120 cm³/mol. The first-order chi connectivity index (χ1) is 16.4. The molecule has 2 N–H and O–H groups in total. The van der Waals surface area contributed by atoms with E-state index >= 15 is 0 Å². The van der Waals surface area contributed by atoms with Crippen LogP contribution in [0.1, 0.15) is 47.8 Å². The van der Waals surface area contributed by atoms with Gasteiger partial charge in [0.15, 0.2) is 6.17 Å². The minimum atomic E-state index is -1.23. The van der Waals surface area contributed by atoms with Crippen molar-refractivity contribution in [2.75, 3.05) is 13.2 Å². The second-order valence-electron chi connectivity index (χ2n) is 8.79. The van der Waals surface area contributed by atoms with Gasteiger partial charge in [0.2, 0.25) is 0 Å². The van der Waals surface area contributed by atoms with Crippen molar-refractivity contribution in [2.24, 2.45) is 5.73 Å². The van der Waals surface area contributed by atoms with E-state index in [0.717, 1.165) is 12.0 Å². The van der Waals surface area contributed by atoms with Gasteiger partial charge in [0.25, 0.3) is 5.91 Å². The molecule has 0 saturated carbocycles. The second-order valence-corrected chi connectivity index (χ2v) is 8.79. The zero-order chi connectivity index (χ0) is 23.9. The molecule has 2 unspecified atom stereocenters. The third kappa shape index (κ3) is 3.64. The Morgan fingerprint density at radius 3 is 2.88 bits per heavy atom. The van der Waals surface area contributed by atoms with E-state index < -0.39 is 23.8 Å². The molecule has 3 amide bonds. The van der Waals surface area contributed by atoms with Crippen LogP contribution in [-0.4, -0.2) is 62.6 Å². The normalized spacial score (nSPS) is 23.9. The zero-order valence-corrected chi connectivity index (χ0v) is 18.8. The summed E-state index contributed by atoms with van der Waals surface area (Å²) in [6.07, 6.45) is 5.80. The number of fused-ring (bicyclic) bond motifs is 2. The van der Waals surface area contributed by atoms with Crippen molar-refractivity contribution in [3.63, 3.8) is 0 Å². The van der Waals surface area contributed by atoms with Crippen LogP contribution in [0.3, 0.4) is 0 Å². The summed E-state index contributed by atoms with van der Waals surface area (Å²) in [5, 5.41) is 0. The number of amides is 3. The van der Waals surface area contributed by atoms with Crippen molar-refractivity contribution >= 4 is 23.6 Å². The lowest BCUT2D eigenvalue weighted by Gasteiger charge is -2.48. The van der Waals surface area contributed by atoms with E-state index in [2.05, 4.69) is 9.97 Å². The first kappa shape index (κ1) is 21.9. The molecule has 0 radical (unpaired) electrons. The number of carbonyl (C=O) groups is 3. The average Bonchev–Trinajstić information content (AvgIpc) is 3.24. The van der Waals surface area contributed by atoms with Crippen molar-refractivity contribution in [2.45, 2.75) is 44.4 Å². The Bertz CT molecular complexity index is 1180. The van der Waals surface area contributed by atoms with Crippen LogP contribution in [0.2, 0.25) is 0 Å². The quantitative estimate of drug-likeness (QED) is 0.691. The van der Waals surface area contributed by atoms with Gasteiger partial charge in [-0.3, -0.25) is 9.69 Å². The standard InChI is InChI=1S/C24H25N5O5/c1-24(34-21(31)16-6-4-5-15-8-12-33-20(15)16)9-2-3-11-28-19(30)13-18(17-7-10-26-14-27-17)29(22(24)28)23(25)32/h4-7,10,13-14,22H,2-3,8-9,11-12H2,1H3,(H2,25,32). The lowest BCUT2D eigenvalue weighted by atomic mass is 9.92. The largest absolute Gasteiger partial charge is 0.492 e. The van der Waals surface area contributed by atoms with Gasteiger partial charge in [0.1, 0.15) is 23.2 Å². The third-order valence-corrected chi connectivity index (χ3v) is 6.55. The molecule has 0 spiro atoms. The molecule has 3 aliphatic rings. The molecule has 176 valence electrons. The van der Waals surface area contributed by atoms with E-state index in [1.807, 2.05) is 6.07 Å². The van der Waals surface area contributed by atoms with E-state index in [9.17, 15) is 14.4 Å². The number of nitrogens with zero attached hydrogens (tertiary/aromatic N) is 4. The first-order valence-electron chi connectivity index (χ1n) is 11.2. The smallest absolute Gasteiger partial charge is 0.342 e. The van der Waals surface area contributed by atoms with Crippen molar-refractivity contribution < 1.29 is 23.9 Å². The van der Waals surface area contributed by atoms with Gasteiger partial charge in [0, 0.05) is 25.2 Å². The Hall–Kier alpha value is -3.95. The number of aromatic nitrogens is 2. The highest BCUT2D eigenvalue weighted by molar-refractivity contribution is 6.00. The van der Waals surface area contributed by atoms with Gasteiger partial charge in [-0.25, -0.2) is 19.6 Å². The lowest BCUT2D eigenvalue weighted by Crippen LogP contribution is -2.65. The summed E-state index contributed by atoms with van der Waals surface area (Å²) in [6, 6.07) is 6.19. The number of rotatable bonds is 3. The van der Waals surface area contributed by atoms with Crippen LogP contribution in [0.5, 0.6) is 5.75 Å². The van der Waals surface area contributed by atoms with Crippen molar-refractivity contribution in [3.8, 4) is 5.75 Å². The van der Waals surface area contributed by atoms with Gasteiger partial charge >= 0.3 is 12.0 Å². The van der Waals surface area contributed by atoms with E-state index in [1.54, 1.807) is 30.0 Å². The fourth-order valence-electron chi connectivity index (χ4n) is 5.01. The Morgan fingerprint density at radius 2 is 2.12 bits per heavy atom. The van der Waals surface area contributed by atoms with Crippen molar-refractivity contribution in [1.29, 1.82) is 0 Å². The summed E-state index contributed by atoms with van der Waals surface area (Å²) >= 11 is 0. The monoisotopic (exact) mass is 463 g/mol. The summed E-state index contributed by atoms with van der Waals surface area (Å²) in [4.78, 5) is 50.3. The number of primary amides is 1. The van der Waals surface area contributed by atoms with Crippen LogP contribution in [0, 0.1) is 0 Å². The molecule has 0 aliphatic carbocycles. The van der Waals surface area contributed by atoms with Gasteiger partial charge in [-0.15, -0.1) is 0 Å². The van der Waals surface area contributed by atoms with Crippen LogP contribution in [0.4, 0.5) is 4.79 Å². The number of hydrogen-bond acceptors (Lipinski definition) is 7. The molecule has 3 aliphatic heterocycles. The maximum absolute atomic E-state index is 13.4. The van der Waals surface area contributed by atoms with Gasteiger partial charge in [-0.2, -0.15) is 0 Å². The molecule has 1 saturated heterocycles. The molecular weight excluding hydrogens is 438 g/mol. The number of nitrogens with two attached hydrogens (primary N) is 1. The molecule has 2 aromatic rings. The van der Waals surface area contributed by atoms with Crippen LogP contribution in [0.15, 0.2) is 42.9 Å². The number of ether oxygens (including phenoxy) is 2. The van der Waals surface area contributed by atoms with Crippen molar-refractivity contribution in [1.82, 2.24) is 19.8 Å². The predicted octanol–water partition coefficient (Wildman–Crippen LogP) is 2.10. The lowest BCUT2D eigenvalue weighted by molar-refractivity contribution is -0.143. The first-order valence-corrected chi connectivity index (χ1v) is 11.2. The van der Waals surface area contributed by atoms with E-state index in [0.29, 0.717) is 49.4 Å². The summed E-state index contributed by atoms with van der Waals surface area (Å²) in [7, 11) is 0. The highest BCUT2D eigenvalue weighted by atomic mass is 16.6. The van der Waals surface area contributed by atoms with E-state index in [4.69, 9.17) is 15.2 Å². The van der Waals surface area contributed by atoms with E-state index in [-0.39, 0.29) is 11.6 Å².